The Morgan fingerprint density at radius 1 is 1.20 bits per heavy atom. The first-order chi connectivity index (χ1) is 9.29. The first kappa shape index (κ1) is 13.0. The number of piperidine rings is 1. The third kappa shape index (κ3) is 1.93. The molecule has 1 saturated heterocycles. The standard InChI is InChI=1S/C13H11F3N2O2/c14-13(15,16)10-3-7(17)2-1-6(10)5-18-11(19)8-4-9(8)12(18)20/h1-3,8-9H,4-5,17H2. The predicted molar refractivity (Wildman–Crippen MR) is 63.0 cm³/mol. The fourth-order valence-electron chi connectivity index (χ4n) is 2.57. The lowest BCUT2D eigenvalue weighted by molar-refractivity contribution is -0.144. The summed E-state index contributed by atoms with van der Waals surface area (Å²) in [6.45, 7) is -0.347. The molecule has 2 fully saturated rings. The van der Waals surface area contributed by atoms with Gasteiger partial charge in [-0.25, -0.2) is 0 Å². The highest BCUT2D eigenvalue weighted by molar-refractivity contribution is 6.08. The van der Waals surface area contributed by atoms with Crippen molar-refractivity contribution in [2.75, 3.05) is 5.73 Å². The van der Waals surface area contributed by atoms with Gasteiger partial charge in [0.2, 0.25) is 11.8 Å². The van der Waals surface area contributed by atoms with Crippen LogP contribution in [0.2, 0.25) is 0 Å². The molecule has 2 unspecified atom stereocenters. The van der Waals surface area contributed by atoms with Crippen LogP contribution in [0.3, 0.4) is 0 Å². The molecule has 1 aromatic rings. The van der Waals surface area contributed by atoms with Gasteiger partial charge in [0, 0.05) is 5.69 Å². The SMILES string of the molecule is Nc1ccc(CN2C(=O)C3CC3C2=O)c(C(F)(F)F)c1. The van der Waals surface area contributed by atoms with Crippen molar-refractivity contribution >= 4 is 17.5 Å². The number of anilines is 1. The fourth-order valence-corrected chi connectivity index (χ4v) is 2.57. The minimum absolute atomic E-state index is 0.0111. The number of nitrogens with two attached hydrogens (primary N) is 1. The van der Waals surface area contributed by atoms with E-state index in [1.807, 2.05) is 0 Å². The maximum Gasteiger partial charge on any atom is 0.416 e. The predicted octanol–water partition coefficient (Wildman–Crippen LogP) is 1.79. The fraction of sp³-hybridized carbons (Fsp3) is 0.385. The minimum Gasteiger partial charge on any atom is -0.399 e. The second-order valence-corrected chi connectivity index (χ2v) is 5.13. The Morgan fingerprint density at radius 3 is 2.35 bits per heavy atom. The Morgan fingerprint density at radius 2 is 1.80 bits per heavy atom. The Labute approximate surface area is 112 Å². The second-order valence-electron chi connectivity index (χ2n) is 5.13. The number of likely N-dealkylation sites (tertiary alicyclic amines) is 1. The topological polar surface area (TPSA) is 63.4 Å². The molecular weight excluding hydrogens is 273 g/mol. The van der Waals surface area contributed by atoms with Crippen LogP contribution in [0, 0.1) is 11.8 Å². The molecule has 7 heteroatoms. The molecule has 0 spiro atoms. The van der Waals surface area contributed by atoms with E-state index in [1.54, 1.807) is 0 Å². The van der Waals surface area contributed by atoms with E-state index >= 15 is 0 Å². The number of carbonyl (C=O) groups is 2. The highest BCUT2D eigenvalue weighted by Crippen LogP contribution is 2.47. The van der Waals surface area contributed by atoms with Gasteiger partial charge in [-0.2, -0.15) is 13.2 Å². The molecule has 2 aliphatic rings. The number of rotatable bonds is 2. The van der Waals surface area contributed by atoms with Crippen molar-refractivity contribution < 1.29 is 22.8 Å². The quantitative estimate of drug-likeness (QED) is 0.665. The molecule has 1 aromatic carbocycles. The molecule has 3 rings (SSSR count). The van der Waals surface area contributed by atoms with Gasteiger partial charge in [-0.1, -0.05) is 6.07 Å². The molecule has 2 N–H and O–H groups in total. The smallest absolute Gasteiger partial charge is 0.399 e. The molecule has 2 atom stereocenters. The zero-order valence-electron chi connectivity index (χ0n) is 10.3. The number of hydrogen-bond acceptors (Lipinski definition) is 3. The van der Waals surface area contributed by atoms with Crippen molar-refractivity contribution in [1.82, 2.24) is 4.90 Å². The number of carbonyl (C=O) groups excluding carboxylic acids is 2. The van der Waals surface area contributed by atoms with Crippen LogP contribution in [-0.4, -0.2) is 16.7 Å². The average Bonchev–Trinajstić information content (AvgIpc) is 3.10. The Kier molecular flexibility index (Phi) is 2.57. The van der Waals surface area contributed by atoms with Crippen molar-refractivity contribution in [2.24, 2.45) is 11.8 Å². The van der Waals surface area contributed by atoms with Gasteiger partial charge in [-0.3, -0.25) is 14.5 Å². The summed E-state index contributed by atoms with van der Waals surface area (Å²) in [5.74, 6) is -1.37. The number of nitrogen functional groups attached to an aromatic ring is 1. The van der Waals surface area contributed by atoms with E-state index in [0.29, 0.717) is 6.42 Å². The van der Waals surface area contributed by atoms with E-state index < -0.39 is 11.7 Å². The van der Waals surface area contributed by atoms with E-state index in [4.69, 9.17) is 5.73 Å². The number of alkyl halides is 3. The van der Waals surface area contributed by atoms with Gasteiger partial charge in [0.25, 0.3) is 0 Å². The molecule has 0 bridgehead atoms. The molecule has 106 valence electrons. The first-order valence-electron chi connectivity index (χ1n) is 6.10. The van der Waals surface area contributed by atoms with Gasteiger partial charge in [-0.05, 0) is 24.1 Å². The van der Waals surface area contributed by atoms with E-state index in [0.717, 1.165) is 11.0 Å². The van der Waals surface area contributed by atoms with E-state index in [9.17, 15) is 22.8 Å². The highest BCUT2D eigenvalue weighted by atomic mass is 19.4. The molecule has 0 aromatic heterocycles. The van der Waals surface area contributed by atoms with Gasteiger partial charge in [0.05, 0.1) is 23.9 Å². The number of fused-ring (bicyclic) bond motifs is 1. The zero-order chi connectivity index (χ0) is 14.7. The van der Waals surface area contributed by atoms with Crippen molar-refractivity contribution in [1.29, 1.82) is 0 Å². The minimum atomic E-state index is -4.57. The van der Waals surface area contributed by atoms with Gasteiger partial charge in [-0.15, -0.1) is 0 Å². The van der Waals surface area contributed by atoms with Gasteiger partial charge < -0.3 is 5.73 Å². The maximum atomic E-state index is 12.9. The molecule has 1 aliphatic carbocycles. The molecule has 1 aliphatic heterocycles. The Balaban J connectivity index is 1.92. The van der Waals surface area contributed by atoms with Crippen LogP contribution in [0.25, 0.3) is 0 Å². The third-order valence-electron chi connectivity index (χ3n) is 3.72. The number of benzene rings is 1. The molecule has 2 amide bonds. The summed E-state index contributed by atoms with van der Waals surface area (Å²) < 4.78 is 38.8. The van der Waals surface area contributed by atoms with Crippen molar-refractivity contribution in [3.63, 3.8) is 0 Å². The van der Waals surface area contributed by atoms with E-state index in [1.165, 1.54) is 12.1 Å². The van der Waals surface area contributed by atoms with Crippen molar-refractivity contribution in [2.45, 2.75) is 19.1 Å². The molecule has 20 heavy (non-hydrogen) atoms. The largest absolute Gasteiger partial charge is 0.416 e. The van der Waals surface area contributed by atoms with Crippen molar-refractivity contribution in [3.8, 4) is 0 Å². The Hall–Kier alpha value is -2.05. The summed E-state index contributed by atoms with van der Waals surface area (Å²) in [5.41, 5.74) is 4.34. The average molecular weight is 284 g/mol. The lowest BCUT2D eigenvalue weighted by Gasteiger charge is -2.20. The second kappa shape index (κ2) is 3.97. The summed E-state index contributed by atoms with van der Waals surface area (Å²) in [7, 11) is 0. The van der Waals surface area contributed by atoms with Crippen LogP contribution in [0.5, 0.6) is 0 Å². The van der Waals surface area contributed by atoms with Gasteiger partial charge >= 0.3 is 6.18 Å². The summed E-state index contributed by atoms with van der Waals surface area (Å²) in [5, 5.41) is 0. The monoisotopic (exact) mass is 284 g/mol. The summed E-state index contributed by atoms with van der Waals surface area (Å²) >= 11 is 0. The number of nitrogens with zero attached hydrogens (tertiary/aromatic N) is 1. The molecular formula is C13H11F3N2O2. The van der Waals surface area contributed by atoms with E-state index in [2.05, 4.69) is 0 Å². The van der Waals surface area contributed by atoms with Crippen molar-refractivity contribution in [3.05, 3.63) is 29.3 Å². The van der Waals surface area contributed by atoms with Crippen LogP contribution in [0.15, 0.2) is 18.2 Å². The van der Waals surface area contributed by atoms with Crippen LogP contribution >= 0.6 is 0 Å². The zero-order valence-corrected chi connectivity index (χ0v) is 10.3. The number of amides is 2. The maximum absolute atomic E-state index is 12.9. The number of imide groups is 1. The van der Waals surface area contributed by atoms with Gasteiger partial charge in [0.15, 0.2) is 0 Å². The number of hydrogen-bond donors (Lipinski definition) is 1. The van der Waals surface area contributed by atoms with E-state index in [-0.39, 0.29) is 41.4 Å². The van der Waals surface area contributed by atoms with Crippen LogP contribution in [-0.2, 0) is 22.3 Å². The number of halogens is 3. The molecule has 0 radical (unpaired) electrons. The lowest BCUT2D eigenvalue weighted by Crippen LogP contribution is -2.33. The third-order valence-corrected chi connectivity index (χ3v) is 3.72. The summed E-state index contributed by atoms with van der Waals surface area (Å²) in [6.07, 6.45) is -4.04. The highest BCUT2D eigenvalue weighted by Gasteiger charge is 2.58. The molecule has 4 nitrogen and oxygen atoms in total. The first-order valence-corrected chi connectivity index (χ1v) is 6.10. The summed E-state index contributed by atoms with van der Waals surface area (Å²) in [4.78, 5) is 24.5. The van der Waals surface area contributed by atoms with Crippen LogP contribution < -0.4 is 5.73 Å². The van der Waals surface area contributed by atoms with Crippen LogP contribution in [0.4, 0.5) is 18.9 Å². The normalized spacial score (nSPS) is 25.1. The lowest BCUT2D eigenvalue weighted by atomic mass is 10.1. The molecule has 1 heterocycles. The summed E-state index contributed by atoms with van der Waals surface area (Å²) in [6, 6.07) is 3.36. The van der Waals surface area contributed by atoms with Crippen LogP contribution in [0.1, 0.15) is 17.5 Å². The molecule has 1 saturated carbocycles. The Bertz CT molecular complexity index is 592. The van der Waals surface area contributed by atoms with Gasteiger partial charge in [0.1, 0.15) is 0 Å².